The van der Waals surface area contributed by atoms with Gasteiger partial charge < -0.3 is 15.4 Å². The molecule has 0 spiro atoms. The quantitative estimate of drug-likeness (QED) is 0.789. The van der Waals surface area contributed by atoms with Crippen LogP contribution in [0.4, 0.5) is 10.1 Å². The van der Waals surface area contributed by atoms with E-state index in [2.05, 4.69) is 10.6 Å². The molecule has 82 valence electrons. The highest BCUT2D eigenvalue weighted by molar-refractivity contribution is 5.47. The highest BCUT2D eigenvalue weighted by Gasteiger charge is 2.15. The van der Waals surface area contributed by atoms with Crippen molar-refractivity contribution in [2.45, 2.75) is 0 Å². The van der Waals surface area contributed by atoms with Crippen molar-refractivity contribution in [1.29, 1.82) is 0 Å². The molecule has 1 heterocycles. The number of hydrogen-bond acceptors (Lipinski definition) is 3. The molecule has 1 aromatic rings. The predicted octanol–water partition coefficient (Wildman–Crippen LogP) is 1.47. The minimum atomic E-state index is -0.325. The fraction of sp³-hybridized carbons (Fsp3) is 0.455. The molecule has 2 N–H and O–H groups in total. The highest BCUT2D eigenvalue weighted by atomic mass is 19.1. The first kappa shape index (κ1) is 10.2. The van der Waals surface area contributed by atoms with Gasteiger partial charge in [-0.2, -0.15) is 0 Å². The lowest BCUT2D eigenvalue weighted by Gasteiger charge is -2.27. The Bertz CT molecular complexity index is 339. The molecule has 2 rings (SSSR count). The van der Waals surface area contributed by atoms with Crippen molar-refractivity contribution in [2.75, 3.05) is 32.1 Å². The maximum absolute atomic E-state index is 13.3. The van der Waals surface area contributed by atoms with Crippen LogP contribution in [0.25, 0.3) is 0 Å². The summed E-state index contributed by atoms with van der Waals surface area (Å²) in [5.74, 6) is 0.621. The maximum Gasteiger partial charge on any atom is 0.167 e. The van der Waals surface area contributed by atoms with Gasteiger partial charge in [0.15, 0.2) is 11.6 Å². The smallest absolute Gasteiger partial charge is 0.167 e. The van der Waals surface area contributed by atoms with Gasteiger partial charge in [0.25, 0.3) is 0 Å². The van der Waals surface area contributed by atoms with E-state index in [9.17, 15) is 4.39 Å². The number of benzene rings is 1. The Kier molecular flexibility index (Phi) is 3.06. The summed E-state index contributed by atoms with van der Waals surface area (Å²) in [4.78, 5) is 0. The standard InChI is InChI=1S/C11H15FN2O/c1-15-11-3-2-9(4-10(11)12)14-7-8-5-13-6-8/h2-4,8,13-14H,5-7H2,1H3. The van der Waals surface area contributed by atoms with Crippen molar-refractivity contribution in [3.05, 3.63) is 24.0 Å². The van der Waals surface area contributed by atoms with Crippen molar-refractivity contribution in [3.8, 4) is 5.75 Å². The first-order valence-electron chi connectivity index (χ1n) is 5.07. The highest BCUT2D eigenvalue weighted by Crippen LogP contribution is 2.20. The molecule has 0 aliphatic carbocycles. The average Bonchev–Trinajstić information content (AvgIpc) is 2.16. The third-order valence-electron chi connectivity index (χ3n) is 2.61. The predicted molar refractivity (Wildman–Crippen MR) is 57.8 cm³/mol. The fourth-order valence-corrected chi connectivity index (χ4v) is 1.53. The van der Waals surface area contributed by atoms with E-state index < -0.39 is 0 Å². The molecule has 15 heavy (non-hydrogen) atoms. The molecule has 1 aromatic carbocycles. The number of hydrogen-bond donors (Lipinski definition) is 2. The molecule has 0 aromatic heterocycles. The van der Waals surface area contributed by atoms with Gasteiger partial charge in [-0.3, -0.25) is 0 Å². The zero-order chi connectivity index (χ0) is 10.7. The van der Waals surface area contributed by atoms with E-state index in [4.69, 9.17) is 4.74 Å². The van der Waals surface area contributed by atoms with Gasteiger partial charge in [-0.1, -0.05) is 0 Å². The van der Waals surface area contributed by atoms with Crippen LogP contribution < -0.4 is 15.4 Å². The molecule has 0 atom stereocenters. The molecule has 0 unspecified atom stereocenters. The molecule has 1 aliphatic rings. The Morgan fingerprint density at radius 1 is 1.53 bits per heavy atom. The number of ether oxygens (including phenoxy) is 1. The van der Waals surface area contributed by atoms with Gasteiger partial charge in [0.05, 0.1) is 7.11 Å². The van der Waals surface area contributed by atoms with Gasteiger partial charge in [0.1, 0.15) is 0 Å². The molecular weight excluding hydrogens is 195 g/mol. The molecule has 1 aliphatic heterocycles. The van der Waals surface area contributed by atoms with E-state index in [0.717, 1.165) is 25.3 Å². The second-order valence-electron chi connectivity index (χ2n) is 3.75. The molecule has 1 saturated heterocycles. The second kappa shape index (κ2) is 4.49. The lowest BCUT2D eigenvalue weighted by atomic mass is 10.0. The van der Waals surface area contributed by atoms with Crippen molar-refractivity contribution in [2.24, 2.45) is 5.92 Å². The summed E-state index contributed by atoms with van der Waals surface area (Å²) >= 11 is 0. The Morgan fingerprint density at radius 3 is 2.87 bits per heavy atom. The van der Waals surface area contributed by atoms with Gasteiger partial charge in [-0.05, 0) is 12.1 Å². The minimum absolute atomic E-state index is 0.283. The average molecular weight is 210 g/mol. The number of halogens is 1. The molecule has 4 heteroatoms. The van der Waals surface area contributed by atoms with Crippen LogP contribution in [0, 0.1) is 11.7 Å². The first-order valence-corrected chi connectivity index (χ1v) is 5.07. The largest absolute Gasteiger partial charge is 0.494 e. The topological polar surface area (TPSA) is 33.3 Å². The van der Waals surface area contributed by atoms with Crippen LogP contribution in [0.3, 0.4) is 0 Å². The summed E-state index contributed by atoms with van der Waals surface area (Å²) < 4.78 is 18.1. The molecule has 3 nitrogen and oxygen atoms in total. The Balaban J connectivity index is 1.93. The second-order valence-corrected chi connectivity index (χ2v) is 3.75. The molecule has 1 fully saturated rings. The van der Waals surface area contributed by atoms with Gasteiger partial charge >= 0.3 is 0 Å². The third-order valence-corrected chi connectivity index (χ3v) is 2.61. The van der Waals surface area contributed by atoms with E-state index in [1.54, 1.807) is 6.07 Å². The summed E-state index contributed by atoms with van der Waals surface area (Å²) in [7, 11) is 1.46. The van der Waals surface area contributed by atoms with E-state index in [0.29, 0.717) is 5.92 Å². The van der Waals surface area contributed by atoms with Crippen LogP contribution in [0.2, 0.25) is 0 Å². The summed E-state index contributed by atoms with van der Waals surface area (Å²) in [6.07, 6.45) is 0. The van der Waals surface area contributed by atoms with E-state index in [-0.39, 0.29) is 11.6 Å². The summed E-state index contributed by atoms with van der Waals surface area (Å²) in [5.41, 5.74) is 0.806. The zero-order valence-electron chi connectivity index (χ0n) is 8.72. The molecule has 0 amide bonds. The molecular formula is C11H15FN2O. The molecule has 0 bridgehead atoms. The first-order chi connectivity index (χ1) is 7.29. The minimum Gasteiger partial charge on any atom is -0.494 e. The molecule has 0 radical (unpaired) electrons. The Labute approximate surface area is 88.6 Å². The van der Waals surface area contributed by atoms with Crippen LogP contribution in [0.15, 0.2) is 18.2 Å². The molecule has 0 saturated carbocycles. The van der Waals surface area contributed by atoms with Crippen LogP contribution in [-0.4, -0.2) is 26.7 Å². The van der Waals surface area contributed by atoms with Gasteiger partial charge in [-0.25, -0.2) is 4.39 Å². The lowest BCUT2D eigenvalue weighted by molar-refractivity contribution is 0.365. The van der Waals surface area contributed by atoms with Gasteiger partial charge in [0, 0.05) is 37.3 Å². The maximum atomic E-state index is 13.3. The van der Waals surface area contributed by atoms with Gasteiger partial charge in [-0.15, -0.1) is 0 Å². The fourth-order valence-electron chi connectivity index (χ4n) is 1.53. The summed E-state index contributed by atoms with van der Waals surface area (Å²) in [5, 5.41) is 6.40. The van der Waals surface area contributed by atoms with Crippen LogP contribution >= 0.6 is 0 Å². The van der Waals surface area contributed by atoms with Crippen molar-refractivity contribution in [3.63, 3.8) is 0 Å². The Morgan fingerprint density at radius 2 is 2.33 bits per heavy atom. The third kappa shape index (κ3) is 2.39. The van der Waals surface area contributed by atoms with Crippen molar-refractivity contribution >= 4 is 5.69 Å². The number of anilines is 1. The SMILES string of the molecule is COc1ccc(NCC2CNC2)cc1F. The number of rotatable bonds is 4. The van der Waals surface area contributed by atoms with E-state index in [1.807, 2.05) is 6.07 Å². The van der Waals surface area contributed by atoms with E-state index >= 15 is 0 Å². The van der Waals surface area contributed by atoms with Crippen LogP contribution in [0.1, 0.15) is 0 Å². The van der Waals surface area contributed by atoms with Gasteiger partial charge in [0.2, 0.25) is 0 Å². The number of methoxy groups -OCH3 is 1. The Hall–Kier alpha value is -1.29. The monoisotopic (exact) mass is 210 g/mol. The number of nitrogens with one attached hydrogen (secondary N) is 2. The van der Waals surface area contributed by atoms with Crippen LogP contribution in [0.5, 0.6) is 5.75 Å². The summed E-state index contributed by atoms with van der Waals surface area (Å²) in [6, 6.07) is 4.93. The zero-order valence-corrected chi connectivity index (χ0v) is 8.72. The van der Waals surface area contributed by atoms with Crippen molar-refractivity contribution in [1.82, 2.24) is 5.32 Å². The lowest BCUT2D eigenvalue weighted by Crippen LogP contribution is -2.45. The van der Waals surface area contributed by atoms with E-state index in [1.165, 1.54) is 13.2 Å². The van der Waals surface area contributed by atoms with Crippen molar-refractivity contribution < 1.29 is 9.13 Å². The summed E-state index contributed by atoms with van der Waals surface area (Å²) in [6.45, 7) is 2.98. The van der Waals surface area contributed by atoms with Crippen LogP contribution in [-0.2, 0) is 0 Å². The normalized spacial score (nSPS) is 15.9.